The van der Waals surface area contributed by atoms with E-state index in [0.29, 0.717) is 24.9 Å². The van der Waals surface area contributed by atoms with Gasteiger partial charge >= 0.3 is 0 Å². The van der Waals surface area contributed by atoms with Crippen molar-refractivity contribution in [1.29, 1.82) is 0 Å². The third kappa shape index (κ3) is 3.65. The molecule has 1 N–H and O–H groups in total. The van der Waals surface area contributed by atoms with Crippen LogP contribution in [0.25, 0.3) is 0 Å². The highest BCUT2D eigenvalue weighted by molar-refractivity contribution is 5.86. The summed E-state index contributed by atoms with van der Waals surface area (Å²) in [5.74, 6) is 2.15. The van der Waals surface area contributed by atoms with E-state index in [1.54, 1.807) is 6.21 Å². The lowest BCUT2D eigenvalue weighted by Gasteiger charge is -2.15. The molecule has 2 fully saturated rings. The van der Waals surface area contributed by atoms with Crippen LogP contribution in [0.1, 0.15) is 52.0 Å². The van der Waals surface area contributed by atoms with Crippen molar-refractivity contribution in [3.63, 3.8) is 0 Å². The minimum atomic E-state index is 0.0571. The third-order valence-electron chi connectivity index (χ3n) is 5.57. The van der Waals surface area contributed by atoms with Gasteiger partial charge in [-0.3, -0.25) is 4.79 Å². The molecular weight excluding hydrogens is 316 g/mol. The van der Waals surface area contributed by atoms with Gasteiger partial charge in [0.15, 0.2) is 11.5 Å². The van der Waals surface area contributed by atoms with Gasteiger partial charge in [-0.1, -0.05) is 19.8 Å². The molecule has 5 nitrogen and oxygen atoms in total. The Hall–Kier alpha value is -2.04. The summed E-state index contributed by atoms with van der Waals surface area (Å²) in [5, 5.41) is 4.15. The maximum atomic E-state index is 12.4. The number of benzene rings is 1. The normalized spacial score (nSPS) is 27.6. The lowest BCUT2D eigenvalue weighted by Crippen LogP contribution is -2.22. The molecule has 136 valence electrons. The molecule has 1 amide bonds. The summed E-state index contributed by atoms with van der Waals surface area (Å²) in [6, 6.07) is 5.65. The third-order valence-corrected chi connectivity index (χ3v) is 5.57. The Bertz CT molecular complexity index is 658. The maximum absolute atomic E-state index is 12.4. The number of hydrazone groups is 1. The van der Waals surface area contributed by atoms with E-state index >= 15 is 0 Å². The number of rotatable bonds is 7. The number of carbonyl (C=O) groups excluding carboxylic acids is 1. The van der Waals surface area contributed by atoms with Crippen molar-refractivity contribution in [3.8, 4) is 11.5 Å². The number of fused-ring (bicyclic) bond motifs is 1. The maximum Gasteiger partial charge on any atom is 0.244 e. The van der Waals surface area contributed by atoms with Crippen molar-refractivity contribution in [2.24, 2.45) is 22.4 Å². The first-order valence-electron chi connectivity index (χ1n) is 9.32. The van der Waals surface area contributed by atoms with Crippen LogP contribution < -0.4 is 14.9 Å². The largest absolute Gasteiger partial charge is 0.490 e. The lowest BCUT2D eigenvalue weighted by molar-refractivity contribution is -0.123. The molecule has 0 saturated heterocycles. The van der Waals surface area contributed by atoms with Gasteiger partial charge in [-0.2, -0.15) is 5.10 Å². The molecule has 5 heteroatoms. The van der Waals surface area contributed by atoms with E-state index in [0.717, 1.165) is 17.7 Å². The standard InChI is InChI=1S/C20H28N2O3/c1-4-24-16-10-9-14(12-17(16)25-5-2)13-21-22-19(23)18-15-8-6-7-11-20(15,18)3/h9-10,12-13,15,18H,4-8,11H2,1-3H3,(H,22,23)/b21-13-/t15-,18+,20-/m1/s1. The summed E-state index contributed by atoms with van der Waals surface area (Å²) in [5.41, 5.74) is 3.80. The smallest absolute Gasteiger partial charge is 0.244 e. The van der Waals surface area contributed by atoms with Crippen LogP contribution in [0.5, 0.6) is 11.5 Å². The monoisotopic (exact) mass is 344 g/mol. The van der Waals surface area contributed by atoms with Crippen LogP contribution in [0.3, 0.4) is 0 Å². The van der Waals surface area contributed by atoms with Crippen LogP contribution in [-0.2, 0) is 4.79 Å². The van der Waals surface area contributed by atoms with Crippen molar-refractivity contribution in [2.75, 3.05) is 13.2 Å². The molecule has 2 saturated carbocycles. The zero-order valence-electron chi connectivity index (χ0n) is 15.4. The number of nitrogens with zero attached hydrogens (tertiary/aromatic N) is 1. The van der Waals surface area contributed by atoms with E-state index in [9.17, 15) is 4.79 Å². The second-order valence-electron chi connectivity index (χ2n) is 7.14. The van der Waals surface area contributed by atoms with E-state index in [4.69, 9.17) is 9.47 Å². The Balaban J connectivity index is 1.60. The topological polar surface area (TPSA) is 59.9 Å². The molecule has 1 aromatic carbocycles. The summed E-state index contributed by atoms with van der Waals surface area (Å²) in [4.78, 5) is 12.4. The van der Waals surface area contributed by atoms with Gasteiger partial charge in [0.05, 0.1) is 19.4 Å². The van der Waals surface area contributed by atoms with Crippen LogP contribution in [0, 0.1) is 17.3 Å². The Morgan fingerprint density at radius 1 is 1.28 bits per heavy atom. The van der Waals surface area contributed by atoms with Crippen LogP contribution in [0.4, 0.5) is 0 Å². The van der Waals surface area contributed by atoms with E-state index < -0.39 is 0 Å². The van der Waals surface area contributed by atoms with Crippen molar-refractivity contribution >= 4 is 12.1 Å². The van der Waals surface area contributed by atoms with Crippen LogP contribution >= 0.6 is 0 Å². The molecule has 0 radical (unpaired) electrons. The Morgan fingerprint density at radius 3 is 2.72 bits per heavy atom. The highest BCUT2D eigenvalue weighted by atomic mass is 16.5. The zero-order valence-corrected chi connectivity index (χ0v) is 15.4. The van der Waals surface area contributed by atoms with E-state index in [1.165, 1.54) is 19.3 Å². The van der Waals surface area contributed by atoms with Gasteiger partial charge in [0.1, 0.15) is 0 Å². The summed E-state index contributed by atoms with van der Waals surface area (Å²) >= 11 is 0. The molecule has 3 atom stereocenters. The Labute approximate surface area is 149 Å². The van der Waals surface area contributed by atoms with E-state index in [1.807, 2.05) is 32.0 Å². The van der Waals surface area contributed by atoms with Crippen molar-refractivity contribution in [3.05, 3.63) is 23.8 Å². The first-order chi connectivity index (χ1) is 12.1. The average molecular weight is 344 g/mol. The molecule has 3 rings (SSSR count). The molecule has 25 heavy (non-hydrogen) atoms. The summed E-state index contributed by atoms with van der Waals surface area (Å²) < 4.78 is 11.2. The molecule has 0 heterocycles. The predicted octanol–water partition coefficient (Wildman–Crippen LogP) is 3.76. The fourth-order valence-electron chi connectivity index (χ4n) is 4.24. The van der Waals surface area contributed by atoms with E-state index in [2.05, 4.69) is 17.5 Å². The van der Waals surface area contributed by atoms with Crippen LogP contribution in [0.2, 0.25) is 0 Å². The molecular formula is C20H28N2O3. The van der Waals surface area contributed by atoms with Crippen molar-refractivity contribution in [2.45, 2.75) is 46.5 Å². The molecule has 2 aliphatic rings. The number of nitrogens with one attached hydrogen (secondary N) is 1. The minimum absolute atomic E-state index is 0.0571. The fraction of sp³-hybridized carbons (Fsp3) is 0.600. The van der Waals surface area contributed by atoms with Gasteiger partial charge < -0.3 is 9.47 Å². The second kappa shape index (κ2) is 7.46. The van der Waals surface area contributed by atoms with Crippen LogP contribution in [0.15, 0.2) is 23.3 Å². The highest BCUT2D eigenvalue weighted by Gasteiger charge is 2.64. The Morgan fingerprint density at radius 2 is 2.04 bits per heavy atom. The second-order valence-corrected chi connectivity index (χ2v) is 7.14. The quantitative estimate of drug-likeness (QED) is 0.605. The Kier molecular flexibility index (Phi) is 5.30. The number of ether oxygens (including phenoxy) is 2. The summed E-state index contributed by atoms with van der Waals surface area (Å²) in [6.07, 6.45) is 6.49. The van der Waals surface area contributed by atoms with E-state index in [-0.39, 0.29) is 17.2 Å². The molecule has 0 spiro atoms. The highest BCUT2D eigenvalue weighted by Crippen LogP contribution is 2.66. The molecule has 0 aromatic heterocycles. The number of hydrogen-bond acceptors (Lipinski definition) is 4. The van der Waals surface area contributed by atoms with Gasteiger partial charge in [-0.05, 0) is 61.8 Å². The molecule has 2 aliphatic carbocycles. The van der Waals surface area contributed by atoms with Crippen molar-refractivity contribution in [1.82, 2.24) is 5.43 Å². The van der Waals surface area contributed by atoms with Gasteiger partial charge in [0, 0.05) is 5.92 Å². The first kappa shape index (κ1) is 17.8. The lowest BCUT2D eigenvalue weighted by atomic mass is 9.90. The molecule has 0 bridgehead atoms. The molecule has 0 aliphatic heterocycles. The van der Waals surface area contributed by atoms with Gasteiger partial charge in [-0.25, -0.2) is 5.43 Å². The number of amides is 1. The molecule has 0 unspecified atom stereocenters. The summed E-state index contributed by atoms with van der Waals surface area (Å²) in [6.45, 7) is 7.28. The molecule has 1 aromatic rings. The predicted molar refractivity (Wildman–Crippen MR) is 98.1 cm³/mol. The van der Waals surface area contributed by atoms with Crippen LogP contribution in [-0.4, -0.2) is 25.3 Å². The number of carbonyl (C=O) groups is 1. The van der Waals surface area contributed by atoms with Crippen molar-refractivity contribution < 1.29 is 14.3 Å². The van der Waals surface area contributed by atoms with Gasteiger partial charge in [0.25, 0.3) is 0 Å². The van der Waals surface area contributed by atoms with Gasteiger partial charge in [-0.15, -0.1) is 0 Å². The average Bonchev–Trinajstić information content (AvgIpc) is 3.23. The van der Waals surface area contributed by atoms with Gasteiger partial charge in [0.2, 0.25) is 5.91 Å². The fourth-order valence-corrected chi connectivity index (χ4v) is 4.24. The number of hydrogen-bond donors (Lipinski definition) is 1. The minimum Gasteiger partial charge on any atom is -0.490 e. The zero-order chi connectivity index (χ0) is 17.9. The first-order valence-corrected chi connectivity index (χ1v) is 9.32. The SMILES string of the molecule is CCOc1ccc(/C=N\NC(=O)[C@@H]2[C@H]3CCCC[C@]32C)cc1OCC. The summed E-state index contributed by atoms with van der Waals surface area (Å²) in [7, 11) is 0.